The molecule has 4 rings (SSSR count). The molecule has 1 saturated heterocycles. The fraction of sp³-hybridized carbons (Fsp3) is 0.211. The molecule has 3 heterocycles. The van der Waals surface area contributed by atoms with Gasteiger partial charge in [0, 0.05) is 11.4 Å². The van der Waals surface area contributed by atoms with E-state index in [0.29, 0.717) is 34.5 Å². The maximum Gasteiger partial charge on any atom is 0.263 e. The van der Waals surface area contributed by atoms with E-state index in [2.05, 4.69) is 5.32 Å². The third kappa shape index (κ3) is 4.07. The highest BCUT2D eigenvalue weighted by Gasteiger charge is 2.25. The summed E-state index contributed by atoms with van der Waals surface area (Å²) >= 11 is 7.85. The lowest BCUT2D eigenvalue weighted by atomic mass is 10.1. The van der Waals surface area contributed by atoms with Gasteiger partial charge in [-0.2, -0.15) is 0 Å². The maximum absolute atomic E-state index is 12.9. The normalized spacial score (nSPS) is 18.1. The Morgan fingerprint density at radius 3 is 3.00 bits per heavy atom. The van der Waals surface area contributed by atoms with Crippen molar-refractivity contribution >= 4 is 63.2 Å². The number of anilines is 1. The van der Waals surface area contributed by atoms with Gasteiger partial charge in [-0.05, 0) is 41.6 Å². The summed E-state index contributed by atoms with van der Waals surface area (Å²) in [6.07, 6.45) is 2.93. The van der Waals surface area contributed by atoms with Crippen molar-refractivity contribution in [1.29, 1.82) is 0 Å². The second-order valence-corrected chi connectivity index (χ2v) is 8.83. The van der Waals surface area contributed by atoms with E-state index in [1.54, 1.807) is 22.3 Å². The van der Waals surface area contributed by atoms with Crippen LogP contribution in [0.4, 0.5) is 5.69 Å². The summed E-state index contributed by atoms with van der Waals surface area (Å²) in [6.45, 7) is 1.18. The van der Waals surface area contributed by atoms with Crippen LogP contribution >= 0.6 is 35.3 Å². The van der Waals surface area contributed by atoms with Crippen molar-refractivity contribution in [3.8, 4) is 5.75 Å². The highest BCUT2D eigenvalue weighted by atomic mass is 32.2. The van der Waals surface area contributed by atoms with Crippen LogP contribution in [0.5, 0.6) is 5.75 Å². The lowest BCUT2D eigenvalue weighted by Crippen LogP contribution is -2.32. The Morgan fingerprint density at radius 1 is 1.37 bits per heavy atom. The van der Waals surface area contributed by atoms with Crippen molar-refractivity contribution in [3.05, 3.63) is 51.1 Å². The summed E-state index contributed by atoms with van der Waals surface area (Å²) in [7, 11) is 0. The Bertz CT molecular complexity index is 938. The van der Waals surface area contributed by atoms with Gasteiger partial charge in [-0.1, -0.05) is 36.1 Å². The molecule has 0 radical (unpaired) electrons. The van der Waals surface area contributed by atoms with Gasteiger partial charge in [0.15, 0.2) is 0 Å². The van der Waals surface area contributed by atoms with Crippen molar-refractivity contribution in [3.63, 3.8) is 0 Å². The van der Waals surface area contributed by atoms with Crippen molar-refractivity contribution in [2.24, 2.45) is 0 Å². The van der Waals surface area contributed by atoms with Crippen LogP contribution in [0.1, 0.15) is 16.9 Å². The molecule has 0 atom stereocenters. The molecular formula is C19H16N2O3S3. The second-order valence-electron chi connectivity index (χ2n) is 6.08. The molecule has 0 spiro atoms. The Balaban J connectivity index is 1.65. The van der Waals surface area contributed by atoms with Gasteiger partial charge in [0.1, 0.15) is 10.1 Å². The first kappa shape index (κ1) is 18.2. The third-order valence-corrected chi connectivity index (χ3v) is 6.24. The molecule has 0 saturated carbocycles. The van der Waals surface area contributed by atoms with Gasteiger partial charge >= 0.3 is 0 Å². The number of carbonyl (C=O) groups is 2. The van der Waals surface area contributed by atoms with E-state index in [1.807, 2.05) is 35.7 Å². The summed E-state index contributed by atoms with van der Waals surface area (Å²) in [4.78, 5) is 28.2. The minimum absolute atomic E-state index is 0.0446. The number of rotatable bonds is 3. The Hall–Kier alpha value is -2.16. The van der Waals surface area contributed by atoms with Crippen LogP contribution in [0.2, 0.25) is 0 Å². The quantitative estimate of drug-likeness (QED) is 0.612. The van der Waals surface area contributed by atoms with E-state index in [1.165, 1.54) is 11.8 Å². The van der Waals surface area contributed by atoms with Gasteiger partial charge in [0.05, 0.1) is 23.6 Å². The number of thiophene rings is 1. The van der Waals surface area contributed by atoms with E-state index in [9.17, 15) is 9.59 Å². The number of hydrogen-bond acceptors (Lipinski definition) is 6. The van der Waals surface area contributed by atoms with Crippen LogP contribution in [-0.4, -0.2) is 29.3 Å². The first-order chi connectivity index (χ1) is 13.1. The van der Waals surface area contributed by atoms with Crippen LogP contribution < -0.4 is 15.0 Å². The molecule has 8 heteroatoms. The van der Waals surface area contributed by atoms with Gasteiger partial charge in [0.25, 0.3) is 5.91 Å². The maximum atomic E-state index is 12.9. The molecule has 1 N–H and O–H groups in total. The highest BCUT2D eigenvalue weighted by Crippen LogP contribution is 2.34. The zero-order valence-electron chi connectivity index (χ0n) is 14.3. The van der Waals surface area contributed by atoms with Crippen LogP contribution in [0, 0.1) is 0 Å². The molecule has 2 amide bonds. The SMILES string of the molecule is O=C1NC(=S)S/C1=C\c1ccc2c(c1)N(C(=O)Cc1cccs1)CCCO2. The van der Waals surface area contributed by atoms with E-state index in [-0.39, 0.29) is 11.8 Å². The summed E-state index contributed by atoms with van der Waals surface area (Å²) in [6, 6.07) is 9.56. The average Bonchev–Trinajstić information content (AvgIpc) is 3.19. The molecule has 0 bridgehead atoms. The molecule has 0 aliphatic carbocycles. The third-order valence-electron chi connectivity index (χ3n) is 4.20. The number of fused-ring (bicyclic) bond motifs is 1. The van der Waals surface area contributed by atoms with Crippen LogP contribution in [0.3, 0.4) is 0 Å². The number of nitrogens with zero attached hydrogens (tertiary/aromatic N) is 1. The minimum Gasteiger partial charge on any atom is -0.491 e. The number of amides is 2. The topological polar surface area (TPSA) is 58.6 Å². The predicted molar refractivity (Wildman–Crippen MR) is 113 cm³/mol. The van der Waals surface area contributed by atoms with Crippen LogP contribution in [0.25, 0.3) is 6.08 Å². The predicted octanol–water partition coefficient (Wildman–Crippen LogP) is 3.60. The molecule has 2 aliphatic heterocycles. The number of ether oxygens (including phenoxy) is 1. The van der Waals surface area contributed by atoms with Crippen molar-refractivity contribution in [2.75, 3.05) is 18.1 Å². The smallest absolute Gasteiger partial charge is 0.263 e. The molecule has 0 unspecified atom stereocenters. The second kappa shape index (κ2) is 7.84. The molecule has 2 aliphatic rings. The highest BCUT2D eigenvalue weighted by molar-refractivity contribution is 8.26. The van der Waals surface area contributed by atoms with Crippen LogP contribution in [0.15, 0.2) is 40.6 Å². The molecule has 2 aromatic rings. The van der Waals surface area contributed by atoms with Crippen LogP contribution in [-0.2, 0) is 16.0 Å². The number of hydrogen-bond donors (Lipinski definition) is 1. The van der Waals surface area contributed by atoms with Crippen molar-refractivity contribution in [2.45, 2.75) is 12.8 Å². The number of thioether (sulfide) groups is 1. The van der Waals surface area contributed by atoms with E-state index >= 15 is 0 Å². The van der Waals surface area contributed by atoms with E-state index in [0.717, 1.165) is 22.5 Å². The molecule has 1 fully saturated rings. The number of nitrogens with one attached hydrogen (secondary N) is 1. The molecular weight excluding hydrogens is 400 g/mol. The van der Waals surface area contributed by atoms with Crippen molar-refractivity contribution in [1.82, 2.24) is 5.32 Å². The molecule has 5 nitrogen and oxygen atoms in total. The fourth-order valence-corrected chi connectivity index (χ4v) is 4.71. The first-order valence-electron chi connectivity index (χ1n) is 8.44. The summed E-state index contributed by atoms with van der Waals surface area (Å²) in [5.41, 5.74) is 1.57. The van der Waals surface area contributed by atoms with Gasteiger partial charge in [-0.3, -0.25) is 9.59 Å². The standard InChI is InChI=1S/C19H16N2O3S3/c22-17(11-13-3-1-8-26-13)21-6-2-7-24-15-5-4-12(9-14(15)21)10-16-18(23)20-19(25)27-16/h1,3-5,8-10H,2,6-7,11H2,(H,20,23,25)/b16-10-. The summed E-state index contributed by atoms with van der Waals surface area (Å²) in [5.74, 6) is 0.540. The van der Waals surface area contributed by atoms with E-state index in [4.69, 9.17) is 17.0 Å². The lowest BCUT2D eigenvalue weighted by Gasteiger charge is -2.22. The fourth-order valence-electron chi connectivity index (χ4n) is 2.97. The van der Waals surface area contributed by atoms with Crippen molar-refractivity contribution < 1.29 is 14.3 Å². The zero-order valence-corrected chi connectivity index (χ0v) is 16.7. The Labute approximate surface area is 170 Å². The summed E-state index contributed by atoms with van der Waals surface area (Å²) in [5, 5.41) is 4.58. The average molecular weight is 417 g/mol. The lowest BCUT2D eigenvalue weighted by molar-refractivity contribution is -0.118. The van der Waals surface area contributed by atoms with Gasteiger partial charge < -0.3 is 15.0 Å². The Morgan fingerprint density at radius 2 is 2.26 bits per heavy atom. The molecule has 1 aromatic carbocycles. The summed E-state index contributed by atoms with van der Waals surface area (Å²) < 4.78 is 6.27. The molecule has 27 heavy (non-hydrogen) atoms. The van der Waals surface area contributed by atoms with E-state index < -0.39 is 0 Å². The van der Waals surface area contributed by atoms with Gasteiger partial charge in [-0.15, -0.1) is 11.3 Å². The minimum atomic E-state index is -0.193. The largest absolute Gasteiger partial charge is 0.491 e. The zero-order chi connectivity index (χ0) is 18.8. The van der Waals surface area contributed by atoms with Gasteiger partial charge in [-0.25, -0.2) is 0 Å². The number of carbonyl (C=O) groups excluding carboxylic acids is 2. The Kier molecular flexibility index (Phi) is 5.29. The number of benzene rings is 1. The molecule has 1 aromatic heterocycles. The monoisotopic (exact) mass is 416 g/mol. The first-order valence-corrected chi connectivity index (χ1v) is 10.5. The van der Waals surface area contributed by atoms with Gasteiger partial charge in [0.2, 0.25) is 5.91 Å². The number of thiocarbonyl (C=S) groups is 1. The molecule has 138 valence electrons.